The SMILES string of the molecule is CCN(CC)Cc1ccc(NC(C(=O)c2ccccc2)c2ccccc2)cc1. The Bertz CT molecular complexity index is 856. The molecule has 28 heavy (non-hydrogen) atoms. The summed E-state index contributed by atoms with van der Waals surface area (Å²) in [5.41, 5.74) is 3.90. The summed E-state index contributed by atoms with van der Waals surface area (Å²) < 4.78 is 0. The summed E-state index contributed by atoms with van der Waals surface area (Å²) in [6.07, 6.45) is 0. The zero-order chi connectivity index (χ0) is 19.8. The van der Waals surface area contributed by atoms with Gasteiger partial charge in [-0.15, -0.1) is 0 Å². The molecule has 0 bridgehead atoms. The molecule has 0 saturated carbocycles. The van der Waals surface area contributed by atoms with E-state index in [1.807, 2.05) is 60.7 Å². The van der Waals surface area contributed by atoms with Crippen LogP contribution in [0.15, 0.2) is 84.9 Å². The standard InChI is InChI=1S/C25H28N2O/c1-3-27(4-2)19-20-15-17-23(18-16-20)26-24(21-11-7-5-8-12-21)25(28)22-13-9-6-10-14-22/h5-18,24,26H,3-4,19H2,1-2H3. The van der Waals surface area contributed by atoms with Crippen LogP contribution in [0, 0.1) is 0 Å². The average Bonchev–Trinajstić information content (AvgIpc) is 2.77. The second-order valence-corrected chi connectivity index (χ2v) is 6.88. The van der Waals surface area contributed by atoms with Gasteiger partial charge in [0, 0.05) is 17.8 Å². The molecular weight excluding hydrogens is 344 g/mol. The number of nitrogens with zero attached hydrogens (tertiary/aromatic N) is 1. The lowest BCUT2D eigenvalue weighted by atomic mass is 9.97. The number of benzene rings is 3. The number of rotatable bonds is 9. The van der Waals surface area contributed by atoms with Crippen LogP contribution in [0.1, 0.15) is 41.4 Å². The topological polar surface area (TPSA) is 32.3 Å². The number of nitrogens with one attached hydrogen (secondary N) is 1. The van der Waals surface area contributed by atoms with E-state index in [1.165, 1.54) is 5.56 Å². The molecule has 0 amide bonds. The third-order valence-electron chi connectivity index (χ3n) is 5.02. The summed E-state index contributed by atoms with van der Waals surface area (Å²) in [4.78, 5) is 15.6. The van der Waals surface area contributed by atoms with Crippen molar-refractivity contribution >= 4 is 11.5 Å². The number of anilines is 1. The smallest absolute Gasteiger partial charge is 0.189 e. The van der Waals surface area contributed by atoms with Crippen LogP contribution in [0.25, 0.3) is 0 Å². The fraction of sp³-hybridized carbons (Fsp3) is 0.240. The van der Waals surface area contributed by atoms with Gasteiger partial charge in [0.25, 0.3) is 0 Å². The predicted octanol–water partition coefficient (Wildman–Crippen LogP) is 5.56. The van der Waals surface area contributed by atoms with Crippen LogP contribution >= 0.6 is 0 Å². The summed E-state index contributed by atoms with van der Waals surface area (Å²) in [6, 6.07) is 27.3. The van der Waals surface area contributed by atoms with Crippen molar-refractivity contribution in [3.8, 4) is 0 Å². The Labute approximate surface area is 168 Å². The normalized spacial score (nSPS) is 12.0. The van der Waals surface area contributed by atoms with Gasteiger partial charge in [0.15, 0.2) is 5.78 Å². The minimum absolute atomic E-state index is 0.0685. The molecule has 3 nitrogen and oxygen atoms in total. The van der Waals surface area contributed by atoms with E-state index in [4.69, 9.17) is 0 Å². The van der Waals surface area contributed by atoms with Crippen LogP contribution in [-0.4, -0.2) is 23.8 Å². The molecule has 3 aromatic carbocycles. The number of ketones is 1. The average molecular weight is 373 g/mol. The van der Waals surface area contributed by atoms with E-state index >= 15 is 0 Å². The van der Waals surface area contributed by atoms with E-state index in [2.05, 4.69) is 48.3 Å². The zero-order valence-corrected chi connectivity index (χ0v) is 16.6. The van der Waals surface area contributed by atoms with Crippen molar-refractivity contribution in [2.24, 2.45) is 0 Å². The molecule has 1 unspecified atom stereocenters. The highest BCUT2D eigenvalue weighted by Gasteiger charge is 2.21. The Hall–Kier alpha value is -2.91. The van der Waals surface area contributed by atoms with Gasteiger partial charge in [0.1, 0.15) is 6.04 Å². The van der Waals surface area contributed by atoms with E-state index in [1.54, 1.807) is 0 Å². The highest BCUT2D eigenvalue weighted by atomic mass is 16.1. The summed E-state index contributed by atoms with van der Waals surface area (Å²) >= 11 is 0. The van der Waals surface area contributed by atoms with Crippen LogP contribution in [0.3, 0.4) is 0 Å². The molecule has 3 aromatic rings. The molecule has 3 heteroatoms. The van der Waals surface area contributed by atoms with Crippen LogP contribution in [0.5, 0.6) is 0 Å². The fourth-order valence-corrected chi connectivity index (χ4v) is 3.29. The Morgan fingerprint density at radius 1 is 0.821 bits per heavy atom. The fourth-order valence-electron chi connectivity index (χ4n) is 3.29. The minimum atomic E-state index is -0.419. The number of hydrogen-bond acceptors (Lipinski definition) is 3. The van der Waals surface area contributed by atoms with E-state index in [-0.39, 0.29) is 5.78 Å². The summed E-state index contributed by atoms with van der Waals surface area (Å²) in [5, 5.41) is 3.44. The highest BCUT2D eigenvalue weighted by Crippen LogP contribution is 2.24. The number of hydrogen-bond donors (Lipinski definition) is 1. The second-order valence-electron chi connectivity index (χ2n) is 6.88. The quantitative estimate of drug-likeness (QED) is 0.499. The first-order valence-electron chi connectivity index (χ1n) is 9.93. The van der Waals surface area contributed by atoms with Gasteiger partial charge in [-0.25, -0.2) is 0 Å². The van der Waals surface area contributed by atoms with E-state index < -0.39 is 6.04 Å². The van der Waals surface area contributed by atoms with Crippen molar-refractivity contribution in [3.05, 3.63) is 102 Å². The summed E-state index contributed by atoms with van der Waals surface area (Å²) in [6.45, 7) is 7.38. The molecule has 1 atom stereocenters. The molecule has 0 aliphatic carbocycles. The summed E-state index contributed by atoms with van der Waals surface area (Å²) in [7, 11) is 0. The van der Waals surface area contributed by atoms with Gasteiger partial charge in [-0.1, -0.05) is 86.6 Å². The van der Waals surface area contributed by atoms with Gasteiger partial charge >= 0.3 is 0 Å². The van der Waals surface area contributed by atoms with Crippen molar-refractivity contribution in [3.63, 3.8) is 0 Å². The third-order valence-corrected chi connectivity index (χ3v) is 5.02. The monoisotopic (exact) mass is 372 g/mol. The van der Waals surface area contributed by atoms with Gasteiger partial charge in [0.05, 0.1) is 0 Å². The van der Waals surface area contributed by atoms with E-state index in [0.717, 1.165) is 30.9 Å². The Kier molecular flexibility index (Phi) is 6.99. The van der Waals surface area contributed by atoms with Crippen molar-refractivity contribution < 1.29 is 4.79 Å². The first-order valence-corrected chi connectivity index (χ1v) is 9.93. The third kappa shape index (κ3) is 5.08. The number of carbonyl (C=O) groups is 1. The molecule has 0 aliphatic rings. The van der Waals surface area contributed by atoms with Crippen LogP contribution in [0.2, 0.25) is 0 Å². The molecule has 0 radical (unpaired) electrons. The molecule has 0 heterocycles. The largest absolute Gasteiger partial charge is 0.371 e. The van der Waals surface area contributed by atoms with Gasteiger partial charge < -0.3 is 5.32 Å². The lowest BCUT2D eigenvalue weighted by molar-refractivity contribution is 0.0969. The molecular formula is C25H28N2O. The Morgan fingerprint density at radius 2 is 1.39 bits per heavy atom. The lowest BCUT2D eigenvalue weighted by Crippen LogP contribution is -2.22. The molecule has 144 valence electrons. The van der Waals surface area contributed by atoms with Crippen molar-refractivity contribution in [1.29, 1.82) is 0 Å². The minimum Gasteiger partial charge on any atom is -0.371 e. The molecule has 0 spiro atoms. The second kappa shape index (κ2) is 9.86. The molecule has 0 aromatic heterocycles. The molecule has 0 fully saturated rings. The van der Waals surface area contributed by atoms with Crippen LogP contribution in [-0.2, 0) is 6.54 Å². The van der Waals surface area contributed by atoms with Gasteiger partial charge in [0.2, 0.25) is 0 Å². The molecule has 0 aliphatic heterocycles. The van der Waals surface area contributed by atoms with Crippen LogP contribution in [0.4, 0.5) is 5.69 Å². The van der Waals surface area contributed by atoms with Crippen LogP contribution < -0.4 is 5.32 Å². The maximum Gasteiger partial charge on any atom is 0.189 e. The maximum absolute atomic E-state index is 13.2. The molecule has 1 N–H and O–H groups in total. The highest BCUT2D eigenvalue weighted by molar-refractivity contribution is 6.02. The number of carbonyl (C=O) groups excluding carboxylic acids is 1. The Balaban J connectivity index is 1.81. The van der Waals surface area contributed by atoms with Crippen molar-refractivity contribution in [2.45, 2.75) is 26.4 Å². The summed E-state index contributed by atoms with van der Waals surface area (Å²) in [5.74, 6) is 0.0685. The van der Waals surface area contributed by atoms with E-state index in [9.17, 15) is 4.79 Å². The zero-order valence-electron chi connectivity index (χ0n) is 16.6. The van der Waals surface area contributed by atoms with Crippen molar-refractivity contribution in [2.75, 3.05) is 18.4 Å². The van der Waals surface area contributed by atoms with Gasteiger partial charge in [-0.3, -0.25) is 9.69 Å². The first kappa shape index (κ1) is 19.8. The molecule has 0 saturated heterocycles. The maximum atomic E-state index is 13.2. The van der Waals surface area contributed by atoms with E-state index in [0.29, 0.717) is 5.56 Å². The van der Waals surface area contributed by atoms with Gasteiger partial charge in [-0.2, -0.15) is 0 Å². The number of Topliss-reactive ketones (excluding diaryl/α,β-unsaturated/α-hetero) is 1. The molecule has 3 rings (SSSR count). The van der Waals surface area contributed by atoms with Crippen molar-refractivity contribution in [1.82, 2.24) is 4.90 Å². The lowest BCUT2D eigenvalue weighted by Gasteiger charge is -2.21. The first-order chi connectivity index (χ1) is 13.7. The van der Waals surface area contributed by atoms with Gasteiger partial charge in [-0.05, 0) is 36.3 Å². The predicted molar refractivity (Wildman–Crippen MR) is 117 cm³/mol. The Morgan fingerprint density at radius 3 is 1.96 bits per heavy atom.